The second kappa shape index (κ2) is 11.2. The zero-order valence-electron chi connectivity index (χ0n) is 20.7. The molecule has 0 radical (unpaired) electrons. The number of ketones is 1. The largest absolute Gasteiger partial charge is 0.476 e. The van der Waals surface area contributed by atoms with Crippen molar-refractivity contribution in [3.63, 3.8) is 0 Å². The summed E-state index contributed by atoms with van der Waals surface area (Å²) in [5.41, 5.74) is 7.95. The van der Waals surface area contributed by atoms with Crippen molar-refractivity contribution in [2.45, 2.75) is 25.9 Å². The third-order valence-electron chi connectivity index (χ3n) is 6.47. The average Bonchev–Trinajstić information content (AvgIpc) is 3.75. The molecule has 9 nitrogen and oxygen atoms in total. The summed E-state index contributed by atoms with van der Waals surface area (Å²) in [6.45, 7) is 3.92. The summed E-state index contributed by atoms with van der Waals surface area (Å²) in [6.07, 6.45) is 3.62. The smallest absolute Gasteiger partial charge is 0.355 e. The lowest BCUT2D eigenvalue weighted by Gasteiger charge is -2.16. The summed E-state index contributed by atoms with van der Waals surface area (Å²) in [7, 11) is 0. The number of nitrogens with zero attached hydrogens (tertiary/aromatic N) is 1. The van der Waals surface area contributed by atoms with E-state index in [2.05, 4.69) is 16.9 Å². The van der Waals surface area contributed by atoms with Crippen molar-refractivity contribution in [2.75, 3.05) is 6.54 Å². The molecular formula is C29H28N4O5. The third kappa shape index (κ3) is 5.84. The van der Waals surface area contributed by atoms with Crippen molar-refractivity contribution in [3.05, 3.63) is 94.3 Å². The fraction of sp³-hybridized carbons (Fsp3) is 0.207. The van der Waals surface area contributed by atoms with Gasteiger partial charge in [0.1, 0.15) is 11.5 Å². The van der Waals surface area contributed by atoms with Gasteiger partial charge in [0.2, 0.25) is 0 Å². The Labute approximate surface area is 219 Å². The Morgan fingerprint density at radius 1 is 1.11 bits per heavy atom. The van der Waals surface area contributed by atoms with Gasteiger partial charge in [0, 0.05) is 29.7 Å². The van der Waals surface area contributed by atoms with E-state index in [1.807, 2.05) is 0 Å². The number of carbonyl (C=O) groups excluding carboxylic acids is 2. The predicted octanol–water partition coefficient (Wildman–Crippen LogP) is 3.43. The van der Waals surface area contributed by atoms with Crippen molar-refractivity contribution < 1.29 is 24.6 Å². The highest BCUT2D eigenvalue weighted by Gasteiger charge is 2.25. The Kier molecular flexibility index (Phi) is 7.78. The minimum absolute atomic E-state index is 0.00225. The lowest BCUT2D eigenvalue weighted by Crippen LogP contribution is -2.27. The number of aliphatic hydroxyl groups is 1. The van der Waals surface area contributed by atoms with Gasteiger partial charge in [0.05, 0.1) is 6.61 Å². The van der Waals surface area contributed by atoms with Gasteiger partial charge in [0.25, 0.3) is 5.91 Å². The first kappa shape index (κ1) is 26.4. The van der Waals surface area contributed by atoms with Gasteiger partial charge in [-0.15, -0.1) is 0 Å². The number of aromatic nitrogens is 1. The van der Waals surface area contributed by atoms with Gasteiger partial charge in [-0.3, -0.25) is 15.0 Å². The van der Waals surface area contributed by atoms with Crippen LogP contribution in [0.15, 0.2) is 55.1 Å². The topological polar surface area (TPSA) is 166 Å². The van der Waals surface area contributed by atoms with Crippen LogP contribution in [0.2, 0.25) is 0 Å². The maximum atomic E-state index is 13.5. The summed E-state index contributed by atoms with van der Waals surface area (Å²) in [5.74, 6) is -1.75. The number of carboxylic acids is 1. The number of nitrogens with one attached hydrogen (secondary N) is 2. The molecule has 1 fully saturated rings. The van der Waals surface area contributed by atoms with E-state index in [-0.39, 0.29) is 52.7 Å². The number of aliphatic hydroxyl groups excluding tert-OH is 1. The van der Waals surface area contributed by atoms with Crippen LogP contribution in [-0.2, 0) is 13.0 Å². The minimum Gasteiger partial charge on any atom is -0.476 e. The first-order chi connectivity index (χ1) is 18.2. The lowest BCUT2D eigenvalue weighted by atomic mass is 9.89. The summed E-state index contributed by atoms with van der Waals surface area (Å²) >= 11 is 0. The molecule has 2 aromatic carbocycles. The number of hydrogen-bond acceptors (Lipinski definition) is 6. The average molecular weight is 513 g/mol. The molecule has 0 aliphatic heterocycles. The van der Waals surface area contributed by atoms with Gasteiger partial charge >= 0.3 is 5.97 Å². The number of amides is 1. The van der Waals surface area contributed by atoms with E-state index in [0.29, 0.717) is 34.7 Å². The first-order valence-electron chi connectivity index (χ1n) is 12.1. The number of carboxylic acid groups (broad SMARTS) is 1. The Hall–Kier alpha value is -4.63. The fourth-order valence-electron chi connectivity index (χ4n) is 4.14. The molecule has 0 bridgehead atoms. The predicted molar refractivity (Wildman–Crippen MR) is 143 cm³/mol. The lowest BCUT2D eigenvalue weighted by molar-refractivity contribution is 0.0691. The highest BCUT2D eigenvalue weighted by molar-refractivity contribution is 6.07. The third-order valence-corrected chi connectivity index (χ3v) is 6.47. The monoisotopic (exact) mass is 512 g/mol. The number of aromatic carboxylic acids is 1. The molecule has 0 atom stereocenters. The number of benzene rings is 2. The summed E-state index contributed by atoms with van der Waals surface area (Å²) in [5, 5.41) is 30.2. The van der Waals surface area contributed by atoms with Crippen LogP contribution < -0.4 is 11.1 Å². The van der Waals surface area contributed by atoms with Crippen LogP contribution in [0.4, 0.5) is 0 Å². The molecule has 4 rings (SSSR count). The van der Waals surface area contributed by atoms with E-state index in [1.165, 1.54) is 18.2 Å². The number of nitrogen functional groups attached to an aromatic ring is 1. The van der Waals surface area contributed by atoms with Gasteiger partial charge < -0.3 is 21.3 Å². The van der Waals surface area contributed by atoms with Crippen LogP contribution in [0.25, 0.3) is 17.2 Å². The molecule has 194 valence electrons. The normalized spacial score (nSPS) is 12.6. The van der Waals surface area contributed by atoms with E-state index < -0.39 is 11.9 Å². The molecule has 1 saturated carbocycles. The number of Topliss-reactive ketones (excluding diaryl/α,β-unsaturated/α-hetero) is 1. The van der Waals surface area contributed by atoms with Crippen LogP contribution in [-0.4, -0.2) is 45.2 Å². The van der Waals surface area contributed by atoms with E-state index >= 15 is 0 Å². The van der Waals surface area contributed by atoms with E-state index in [9.17, 15) is 24.6 Å². The van der Waals surface area contributed by atoms with Crippen LogP contribution in [0, 0.1) is 11.3 Å². The molecular weight excluding hydrogens is 484 g/mol. The van der Waals surface area contributed by atoms with Crippen molar-refractivity contribution in [1.29, 1.82) is 5.41 Å². The summed E-state index contributed by atoms with van der Waals surface area (Å²) < 4.78 is 0. The van der Waals surface area contributed by atoms with Crippen LogP contribution >= 0.6 is 0 Å². The van der Waals surface area contributed by atoms with Crippen molar-refractivity contribution in [1.82, 2.24) is 10.3 Å². The van der Waals surface area contributed by atoms with Crippen LogP contribution in [0.1, 0.15) is 66.4 Å². The van der Waals surface area contributed by atoms with Crippen molar-refractivity contribution in [2.24, 2.45) is 11.7 Å². The number of rotatable bonds is 11. The van der Waals surface area contributed by atoms with Gasteiger partial charge in [-0.05, 0) is 65.3 Å². The molecule has 38 heavy (non-hydrogen) atoms. The van der Waals surface area contributed by atoms with E-state index in [1.54, 1.807) is 36.4 Å². The fourth-order valence-corrected chi connectivity index (χ4v) is 4.14. The number of hydrogen-bond donors (Lipinski definition) is 5. The van der Waals surface area contributed by atoms with E-state index in [4.69, 9.17) is 11.1 Å². The Balaban J connectivity index is 1.76. The maximum Gasteiger partial charge on any atom is 0.355 e. The molecule has 1 heterocycles. The van der Waals surface area contributed by atoms with Gasteiger partial charge in [-0.25, -0.2) is 9.78 Å². The highest BCUT2D eigenvalue weighted by Crippen LogP contribution is 2.32. The zero-order valence-corrected chi connectivity index (χ0v) is 20.7. The summed E-state index contributed by atoms with van der Waals surface area (Å²) in [4.78, 5) is 42.4. The minimum atomic E-state index is -1.35. The van der Waals surface area contributed by atoms with Crippen LogP contribution in [0.3, 0.4) is 0 Å². The number of pyridine rings is 1. The molecule has 0 unspecified atom stereocenters. The molecule has 1 amide bonds. The molecule has 1 aliphatic carbocycles. The second-order valence-corrected chi connectivity index (χ2v) is 9.22. The maximum absolute atomic E-state index is 13.5. The van der Waals surface area contributed by atoms with Crippen molar-refractivity contribution in [3.8, 4) is 11.1 Å². The number of nitrogens with two attached hydrogens (primary N) is 1. The molecule has 6 N–H and O–H groups in total. The molecule has 1 aliphatic rings. The first-order valence-corrected chi connectivity index (χ1v) is 12.1. The quantitative estimate of drug-likeness (QED) is 0.149. The van der Waals surface area contributed by atoms with Crippen LogP contribution in [0.5, 0.6) is 0 Å². The van der Waals surface area contributed by atoms with Gasteiger partial charge in [0.15, 0.2) is 11.5 Å². The SMILES string of the molecule is C=Cc1cc(C(=O)Cc2ccc(C(=N)N)cc2)c(-c2ccc(C(=O)NCC3CC3)nc2C(=O)O)cc1CO. The van der Waals surface area contributed by atoms with E-state index in [0.717, 1.165) is 12.8 Å². The summed E-state index contributed by atoms with van der Waals surface area (Å²) in [6, 6.07) is 12.7. The van der Waals surface area contributed by atoms with Crippen molar-refractivity contribution >= 4 is 29.6 Å². The number of amidine groups is 1. The highest BCUT2D eigenvalue weighted by atomic mass is 16.4. The molecule has 3 aromatic rings. The molecule has 0 saturated heterocycles. The Bertz CT molecular complexity index is 1440. The standard InChI is InChI=1S/C29H28N4O5/c1-2-18-12-23(25(35)11-16-5-7-19(8-6-16)27(30)31)22(13-20(18)15-34)21-9-10-24(33-26(21)29(37)38)28(36)32-14-17-3-4-17/h2,5-10,12-13,17,34H,1,3-4,11,14-15H2,(H3,30,31)(H,32,36)(H,37,38). The Morgan fingerprint density at radius 3 is 2.39 bits per heavy atom. The number of carbonyl (C=O) groups is 3. The molecule has 9 heteroatoms. The van der Waals surface area contributed by atoms with Gasteiger partial charge in [-0.1, -0.05) is 36.9 Å². The zero-order chi connectivity index (χ0) is 27.4. The molecule has 0 spiro atoms. The Morgan fingerprint density at radius 2 is 1.82 bits per heavy atom. The second-order valence-electron chi connectivity index (χ2n) is 9.22. The molecule has 1 aromatic heterocycles. The van der Waals surface area contributed by atoms with Gasteiger partial charge in [-0.2, -0.15) is 0 Å².